The van der Waals surface area contributed by atoms with Crippen molar-refractivity contribution in [2.75, 3.05) is 0 Å². The molecule has 0 saturated heterocycles. The number of aryl methyl sites for hydroxylation is 2. The molecule has 2 aromatic rings. The van der Waals surface area contributed by atoms with E-state index in [2.05, 4.69) is 9.97 Å². The van der Waals surface area contributed by atoms with Crippen LogP contribution < -0.4 is 4.74 Å². The first-order valence-corrected chi connectivity index (χ1v) is 6.37. The van der Waals surface area contributed by atoms with Gasteiger partial charge in [-0.15, -0.1) is 0 Å². The van der Waals surface area contributed by atoms with Gasteiger partial charge in [-0.3, -0.25) is 4.98 Å². The lowest BCUT2D eigenvalue weighted by molar-refractivity contribution is 0.473. The number of hydrogen-bond acceptors (Lipinski definition) is 4. The number of ether oxygens (including phenoxy) is 1. The number of nitrogens with zero attached hydrogens (tertiary/aromatic N) is 3. The predicted octanol–water partition coefficient (Wildman–Crippen LogP) is 3.02. The molecular weight excluding hydrogens is 238 g/mol. The maximum absolute atomic E-state index is 8.98. The fourth-order valence-electron chi connectivity index (χ4n) is 2.31. The van der Waals surface area contributed by atoms with Crippen LogP contribution in [0, 0.1) is 11.3 Å². The van der Waals surface area contributed by atoms with E-state index in [1.165, 1.54) is 24.1 Å². The van der Waals surface area contributed by atoms with Gasteiger partial charge >= 0.3 is 0 Å². The number of aromatic nitrogens is 2. The van der Waals surface area contributed by atoms with Crippen molar-refractivity contribution in [2.45, 2.75) is 25.7 Å². The van der Waals surface area contributed by atoms with Crippen LogP contribution in [0.4, 0.5) is 0 Å². The molecule has 1 aliphatic rings. The maximum atomic E-state index is 8.98. The fraction of sp³-hybridized carbons (Fsp3) is 0.267. The van der Waals surface area contributed by atoms with Gasteiger partial charge in [0.05, 0.1) is 6.20 Å². The maximum Gasteiger partial charge on any atom is 0.183 e. The molecule has 0 unspecified atom stereocenters. The van der Waals surface area contributed by atoms with Gasteiger partial charge in [-0.2, -0.15) is 5.26 Å². The molecule has 0 saturated carbocycles. The van der Waals surface area contributed by atoms with Gasteiger partial charge in [-0.05, 0) is 49.4 Å². The summed E-state index contributed by atoms with van der Waals surface area (Å²) in [6, 6.07) is 7.54. The Bertz CT molecular complexity index is 646. The third-order valence-corrected chi connectivity index (χ3v) is 3.25. The van der Waals surface area contributed by atoms with E-state index in [-0.39, 0.29) is 0 Å². The summed E-state index contributed by atoms with van der Waals surface area (Å²) >= 11 is 0. The average Bonchev–Trinajstić information content (AvgIpc) is 2.48. The Morgan fingerprint density at radius 1 is 1.21 bits per heavy atom. The first-order chi connectivity index (χ1) is 9.36. The second kappa shape index (κ2) is 5.07. The summed E-state index contributed by atoms with van der Waals surface area (Å²) in [7, 11) is 0. The van der Waals surface area contributed by atoms with Crippen molar-refractivity contribution in [3.63, 3.8) is 0 Å². The van der Waals surface area contributed by atoms with Crippen LogP contribution in [-0.4, -0.2) is 9.97 Å². The van der Waals surface area contributed by atoms with Crippen molar-refractivity contribution in [1.29, 1.82) is 5.26 Å². The molecule has 0 atom stereocenters. The minimum absolute atomic E-state index is 0.292. The minimum atomic E-state index is 0.292. The second-order valence-electron chi connectivity index (χ2n) is 4.55. The molecule has 4 nitrogen and oxygen atoms in total. The molecule has 4 heteroatoms. The highest BCUT2D eigenvalue weighted by Crippen LogP contribution is 2.27. The lowest BCUT2D eigenvalue weighted by atomic mass is 9.96. The molecule has 19 heavy (non-hydrogen) atoms. The first kappa shape index (κ1) is 11.7. The van der Waals surface area contributed by atoms with E-state index in [9.17, 15) is 0 Å². The number of pyridine rings is 2. The lowest BCUT2D eigenvalue weighted by Gasteiger charge is -2.15. The van der Waals surface area contributed by atoms with Gasteiger partial charge in [0.2, 0.25) is 0 Å². The third kappa shape index (κ3) is 2.41. The van der Waals surface area contributed by atoms with E-state index in [4.69, 9.17) is 10.00 Å². The molecule has 0 fully saturated rings. The van der Waals surface area contributed by atoms with Gasteiger partial charge in [-0.25, -0.2) is 4.98 Å². The van der Waals surface area contributed by atoms with Crippen molar-refractivity contribution in [2.24, 2.45) is 0 Å². The summed E-state index contributed by atoms with van der Waals surface area (Å²) in [5.74, 6) is 1.15. The lowest BCUT2D eigenvalue weighted by Crippen LogP contribution is -2.05. The zero-order valence-corrected chi connectivity index (χ0v) is 10.5. The van der Waals surface area contributed by atoms with Gasteiger partial charge < -0.3 is 4.74 Å². The summed E-state index contributed by atoms with van der Waals surface area (Å²) < 4.78 is 5.72. The molecule has 3 rings (SSSR count). The van der Waals surface area contributed by atoms with Crippen LogP contribution in [0.5, 0.6) is 11.5 Å². The van der Waals surface area contributed by atoms with Crippen LogP contribution in [0.15, 0.2) is 30.6 Å². The standard InChI is InChI=1S/C15H13N3O/c16-9-14-15(6-3-7-17-14)19-12-8-11-4-1-2-5-13(11)18-10-12/h3,6-8,10H,1-2,4-5H2. The fourth-order valence-corrected chi connectivity index (χ4v) is 2.31. The Labute approximate surface area is 111 Å². The average molecular weight is 251 g/mol. The monoisotopic (exact) mass is 251 g/mol. The first-order valence-electron chi connectivity index (χ1n) is 6.37. The Morgan fingerprint density at radius 2 is 2.11 bits per heavy atom. The van der Waals surface area contributed by atoms with Crippen LogP contribution in [0.2, 0.25) is 0 Å². The summed E-state index contributed by atoms with van der Waals surface area (Å²) in [4.78, 5) is 8.42. The summed E-state index contributed by atoms with van der Waals surface area (Å²) in [6.07, 6.45) is 7.81. The van der Waals surface area contributed by atoms with Gasteiger partial charge in [-0.1, -0.05) is 0 Å². The van der Waals surface area contributed by atoms with Crippen LogP contribution in [0.1, 0.15) is 29.8 Å². The Hall–Kier alpha value is -2.41. The van der Waals surface area contributed by atoms with Crippen LogP contribution in [0.3, 0.4) is 0 Å². The SMILES string of the molecule is N#Cc1ncccc1Oc1cnc2c(c1)CCCC2. The van der Waals surface area contributed by atoms with Crippen molar-refractivity contribution in [3.8, 4) is 17.6 Å². The summed E-state index contributed by atoms with van der Waals surface area (Å²) in [5, 5.41) is 8.98. The molecule has 0 bridgehead atoms. The minimum Gasteiger partial charge on any atom is -0.453 e. The topological polar surface area (TPSA) is 58.8 Å². The van der Waals surface area contributed by atoms with E-state index in [1.807, 2.05) is 12.1 Å². The number of hydrogen-bond donors (Lipinski definition) is 0. The Kier molecular flexibility index (Phi) is 3.11. The molecule has 2 aromatic heterocycles. The zero-order chi connectivity index (χ0) is 13.1. The zero-order valence-electron chi connectivity index (χ0n) is 10.5. The summed E-state index contributed by atoms with van der Waals surface area (Å²) in [5.41, 5.74) is 2.72. The smallest absolute Gasteiger partial charge is 0.183 e. The molecular formula is C15H13N3O. The summed E-state index contributed by atoms with van der Waals surface area (Å²) in [6.45, 7) is 0. The molecule has 0 aromatic carbocycles. The highest BCUT2D eigenvalue weighted by molar-refractivity contribution is 5.41. The van der Waals surface area contributed by atoms with Crippen LogP contribution >= 0.6 is 0 Å². The number of nitriles is 1. The third-order valence-electron chi connectivity index (χ3n) is 3.25. The van der Waals surface area contributed by atoms with Gasteiger partial charge in [0, 0.05) is 11.9 Å². The van der Waals surface area contributed by atoms with Crippen LogP contribution in [-0.2, 0) is 12.8 Å². The predicted molar refractivity (Wildman–Crippen MR) is 69.9 cm³/mol. The molecule has 94 valence electrons. The highest BCUT2D eigenvalue weighted by Gasteiger charge is 2.12. The molecule has 2 heterocycles. The van der Waals surface area contributed by atoms with Gasteiger partial charge in [0.25, 0.3) is 0 Å². The highest BCUT2D eigenvalue weighted by atomic mass is 16.5. The normalized spacial score (nSPS) is 13.4. The quantitative estimate of drug-likeness (QED) is 0.823. The van der Waals surface area contributed by atoms with Crippen molar-refractivity contribution >= 4 is 0 Å². The molecule has 1 aliphatic carbocycles. The Balaban J connectivity index is 1.89. The van der Waals surface area contributed by atoms with Crippen LogP contribution in [0.25, 0.3) is 0 Å². The second-order valence-corrected chi connectivity index (χ2v) is 4.55. The molecule has 0 aliphatic heterocycles. The van der Waals surface area contributed by atoms with E-state index >= 15 is 0 Å². The molecule has 0 spiro atoms. The van der Waals surface area contributed by atoms with Gasteiger partial charge in [0.1, 0.15) is 11.8 Å². The number of rotatable bonds is 2. The van der Waals surface area contributed by atoms with Crippen molar-refractivity contribution < 1.29 is 4.74 Å². The number of fused-ring (bicyclic) bond motifs is 1. The van der Waals surface area contributed by atoms with E-state index in [0.717, 1.165) is 12.8 Å². The van der Waals surface area contributed by atoms with E-state index in [0.29, 0.717) is 17.2 Å². The van der Waals surface area contributed by atoms with Crippen molar-refractivity contribution in [1.82, 2.24) is 9.97 Å². The molecule has 0 amide bonds. The molecule has 0 radical (unpaired) electrons. The van der Waals surface area contributed by atoms with E-state index in [1.54, 1.807) is 24.5 Å². The van der Waals surface area contributed by atoms with Gasteiger partial charge in [0.15, 0.2) is 11.4 Å². The largest absolute Gasteiger partial charge is 0.453 e. The van der Waals surface area contributed by atoms with Crippen molar-refractivity contribution in [3.05, 3.63) is 47.5 Å². The Morgan fingerprint density at radius 3 is 3.00 bits per heavy atom. The van der Waals surface area contributed by atoms with E-state index < -0.39 is 0 Å². The molecule has 0 N–H and O–H groups in total.